The summed E-state index contributed by atoms with van der Waals surface area (Å²) in [4.78, 5) is 42.2. The number of aromatic nitrogens is 1. The number of fused-ring (bicyclic) bond motifs is 6. The number of esters is 1. The molecular weight excluding hydrogens is 1160 g/mol. The lowest BCUT2D eigenvalue weighted by Gasteiger charge is -2.63. The number of carbonyl (C=O) groups is 2. The van der Waals surface area contributed by atoms with Gasteiger partial charge in [0.2, 0.25) is 0 Å². The molecule has 1 saturated carbocycles. The van der Waals surface area contributed by atoms with Crippen molar-refractivity contribution in [2.45, 2.75) is 97.3 Å². The van der Waals surface area contributed by atoms with Gasteiger partial charge in [-0.3, -0.25) is 28.5 Å². The maximum atomic E-state index is 15.9. The Labute approximate surface area is 518 Å². The lowest BCUT2D eigenvalue weighted by atomic mass is 9.47. The number of rotatable bonds is 16. The fourth-order valence-corrected chi connectivity index (χ4v) is 18.2. The minimum atomic E-state index is -4.67. The summed E-state index contributed by atoms with van der Waals surface area (Å²) in [6.45, 7) is 7.44. The van der Waals surface area contributed by atoms with E-state index in [0.717, 1.165) is 50.1 Å². The van der Waals surface area contributed by atoms with Crippen molar-refractivity contribution in [2.24, 2.45) is 11.3 Å². The van der Waals surface area contributed by atoms with Crippen LogP contribution in [-0.4, -0.2) is 177 Å². The molecule has 1 aromatic heterocycles. The van der Waals surface area contributed by atoms with Crippen LogP contribution in [0.25, 0.3) is 10.9 Å². The first-order chi connectivity index (χ1) is 42.1. The van der Waals surface area contributed by atoms with Crippen LogP contribution in [-0.2, 0) is 46.7 Å². The number of benzene rings is 5. The van der Waals surface area contributed by atoms with Gasteiger partial charge in [0, 0.05) is 96.3 Å². The summed E-state index contributed by atoms with van der Waals surface area (Å²) in [5.74, 6) is 1.77. The van der Waals surface area contributed by atoms with Crippen LogP contribution in [0.2, 0.25) is 0 Å². The van der Waals surface area contributed by atoms with Crippen LogP contribution in [0, 0.1) is 11.3 Å². The first-order valence-electron chi connectivity index (χ1n) is 30.1. The molecule has 0 radical (unpaired) electrons. The van der Waals surface area contributed by atoms with E-state index in [9.17, 15) is 15.3 Å². The third kappa shape index (κ3) is 10.1. The predicted molar refractivity (Wildman–Crippen MR) is 337 cm³/mol. The van der Waals surface area contributed by atoms with Crippen molar-refractivity contribution >= 4 is 50.6 Å². The number of likely N-dealkylation sites (N-methyl/N-ethyl adjacent to an activating group) is 1. The van der Waals surface area contributed by atoms with Gasteiger partial charge >= 0.3 is 16.4 Å². The number of piperidine rings is 1. The molecule has 3 fully saturated rings. The van der Waals surface area contributed by atoms with Crippen LogP contribution >= 0.6 is 11.8 Å². The number of ether oxygens (including phenoxy) is 5. The molecule has 88 heavy (non-hydrogen) atoms. The quantitative estimate of drug-likeness (QED) is 0.0163. The van der Waals surface area contributed by atoms with E-state index in [1.807, 2.05) is 80.4 Å². The first kappa shape index (κ1) is 62.9. The van der Waals surface area contributed by atoms with Crippen LogP contribution < -0.4 is 29.2 Å². The molecule has 5 aliphatic heterocycles. The number of thioether (sulfide) groups is 1. The zero-order chi connectivity index (χ0) is 62.8. The summed E-state index contributed by atoms with van der Waals surface area (Å²) in [5.41, 5.74) is 1.06. The molecule has 1 unspecified atom stereocenters. The molecule has 6 aliphatic rings. The Morgan fingerprint density at radius 1 is 0.784 bits per heavy atom. The molecule has 10 atom stereocenters. The maximum absolute atomic E-state index is 15.9. The highest BCUT2D eigenvalue weighted by molar-refractivity contribution is 8.00. The van der Waals surface area contributed by atoms with Gasteiger partial charge in [-0.1, -0.05) is 80.6 Å². The lowest BCUT2D eigenvalue weighted by molar-refractivity contribution is -0.203. The second-order valence-electron chi connectivity index (χ2n) is 24.5. The molecule has 1 aliphatic carbocycles. The van der Waals surface area contributed by atoms with Gasteiger partial charge in [0.05, 0.1) is 51.9 Å². The van der Waals surface area contributed by atoms with E-state index in [0.29, 0.717) is 106 Å². The number of para-hydroxylation sites is 1. The van der Waals surface area contributed by atoms with E-state index in [2.05, 4.69) is 86.8 Å². The van der Waals surface area contributed by atoms with Crippen LogP contribution in [0.5, 0.6) is 23.0 Å². The Balaban J connectivity index is 0.00000154. The Bertz CT molecular complexity index is 3590. The molecule has 19 nitrogen and oxygen atoms in total. The average Bonchev–Trinajstić information content (AvgIpc) is 1.45. The second-order valence-corrected chi connectivity index (χ2v) is 26.7. The van der Waals surface area contributed by atoms with E-state index < -0.39 is 66.6 Å². The molecule has 2 bridgehead atoms. The van der Waals surface area contributed by atoms with Crippen molar-refractivity contribution in [3.05, 3.63) is 160 Å². The fourth-order valence-electron chi connectivity index (χ4n) is 16.8. The van der Waals surface area contributed by atoms with Crippen molar-refractivity contribution in [1.82, 2.24) is 20.1 Å². The molecule has 470 valence electrons. The topological polar surface area (TPSA) is 253 Å². The smallest absolute Gasteiger partial charge is 0.394 e. The molecule has 6 heterocycles. The van der Waals surface area contributed by atoms with E-state index in [1.165, 1.54) is 7.11 Å². The van der Waals surface area contributed by atoms with Crippen LogP contribution in [0.3, 0.4) is 0 Å². The Hall–Kier alpha value is -6.66. The minimum Gasteiger partial charge on any atom is -0.497 e. The van der Waals surface area contributed by atoms with Gasteiger partial charge in [-0.25, -0.2) is 0 Å². The number of methoxy groups -OCH3 is 5. The number of hydrogen-bond acceptors (Lipinski definition) is 16. The van der Waals surface area contributed by atoms with Gasteiger partial charge in [0.25, 0.3) is 5.91 Å². The van der Waals surface area contributed by atoms with Crippen molar-refractivity contribution in [3.8, 4) is 23.0 Å². The Morgan fingerprint density at radius 3 is 1.94 bits per heavy atom. The highest BCUT2D eigenvalue weighted by atomic mass is 32.3. The van der Waals surface area contributed by atoms with Crippen molar-refractivity contribution in [1.29, 1.82) is 0 Å². The number of aliphatic hydroxyl groups is 3. The molecule has 6 aromatic rings. The highest BCUT2D eigenvalue weighted by Gasteiger charge is 2.79. The largest absolute Gasteiger partial charge is 0.497 e. The summed E-state index contributed by atoms with van der Waals surface area (Å²) in [7, 11) is 5.27. The van der Waals surface area contributed by atoms with Gasteiger partial charge in [0.15, 0.2) is 5.60 Å². The summed E-state index contributed by atoms with van der Waals surface area (Å²) in [6.07, 6.45) is 5.64. The van der Waals surface area contributed by atoms with Crippen molar-refractivity contribution < 1.29 is 66.1 Å². The summed E-state index contributed by atoms with van der Waals surface area (Å²) < 4.78 is 60.2. The summed E-state index contributed by atoms with van der Waals surface area (Å²) >= 11 is 1.65. The number of aliphatic hydroxyl groups excluding tert-OH is 1. The van der Waals surface area contributed by atoms with E-state index in [-0.39, 0.29) is 18.5 Å². The van der Waals surface area contributed by atoms with Gasteiger partial charge in [-0.15, -0.1) is 11.8 Å². The molecular formula is C67H81N5O14S2. The minimum absolute atomic E-state index is 0.125. The number of nitrogens with one attached hydrogen (secondary N) is 2. The maximum Gasteiger partial charge on any atom is 0.394 e. The highest BCUT2D eigenvalue weighted by Crippen LogP contribution is 2.68. The molecule has 1 amide bonds. The van der Waals surface area contributed by atoms with Gasteiger partial charge in [-0.05, 0) is 127 Å². The van der Waals surface area contributed by atoms with Gasteiger partial charge < -0.3 is 54.2 Å². The normalized spacial score (nSPS) is 28.7. The van der Waals surface area contributed by atoms with Crippen LogP contribution in [0.1, 0.15) is 85.0 Å². The zero-order valence-corrected chi connectivity index (χ0v) is 52.8. The van der Waals surface area contributed by atoms with Crippen molar-refractivity contribution in [3.63, 3.8) is 0 Å². The van der Waals surface area contributed by atoms with Gasteiger partial charge in [0.1, 0.15) is 34.5 Å². The Morgan fingerprint density at radius 2 is 1.39 bits per heavy atom. The SMILES string of the molecule is CC[C@]1(O)C[C@H]2CN(CCc3c([nH]c4ccccc34)[C@@](C(=O)OC)(c3cc4c(cc3OC)N(C)[C@H]3[C@@](O)(C(=O)NCCSC(c5ccc(OC)cc5)(c5ccc(OC)cc5)c5ccc(OC)cc5)[C@H](O)[C@]5(CC)C=CCN6CC[C@]43[C@@H]65)C2)C1.O=S(=O)(O)O. The number of anilines is 1. The third-order valence-electron chi connectivity index (χ3n) is 20.4. The van der Waals surface area contributed by atoms with Crippen LogP contribution in [0.15, 0.2) is 121 Å². The number of carbonyl (C=O) groups excluding carboxylic acids is 2. The average molecular weight is 1240 g/mol. The van der Waals surface area contributed by atoms with E-state index in [1.54, 1.807) is 40.2 Å². The van der Waals surface area contributed by atoms with E-state index >= 15 is 9.59 Å². The number of nitrogens with zero attached hydrogens (tertiary/aromatic N) is 3. The number of H-pyrrole nitrogens is 1. The molecule has 5 aromatic carbocycles. The summed E-state index contributed by atoms with van der Waals surface area (Å²) in [6, 6.07) is 35.1. The van der Waals surface area contributed by atoms with Crippen LogP contribution in [0.4, 0.5) is 5.69 Å². The second kappa shape index (κ2) is 23.9. The Kier molecular flexibility index (Phi) is 17.1. The first-order valence-corrected chi connectivity index (χ1v) is 32.4. The number of hydrogen-bond donors (Lipinski definition) is 7. The molecule has 2 saturated heterocycles. The monoisotopic (exact) mass is 1240 g/mol. The zero-order valence-electron chi connectivity index (χ0n) is 51.1. The molecule has 1 spiro atoms. The number of amides is 1. The fraction of sp³-hybridized carbons (Fsp3) is 0.463. The standard InChI is InChI=1S/C67H79N5O10S.H2O4S/c1-9-62(76)38-42-39-65(61(75)82-8,56-50(28-33-71(40-42)41-62)49-14-11-12-15-53(49)69-56)52-36-51-54(37-55(52)81-7)70(3)58-64(51)30-34-72-32-13-29-63(10-2,57(64)72)59(73)66(58,77)60(74)68-31-35-83-67(43-16-22-46(78-4)23-17-43,44-18-24-47(79-5)25-19-44)45-20-26-48(80-6)27-21-45;1-5(2,3)4/h11-27,29,36-37,42,57-59,69,73,76-77H,9-10,28,30-35,38-41H2,1-8H3,(H,68,74);(H2,1,2,3,4)/t42-,57+,58-,59-,62+,63-,64-,65+,66+;/m1./s1. The molecule has 7 N–H and O–H groups in total. The number of aromatic amines is 1. The molecule has 21 heteroatoms. The van der Waals surface area contributed by atoms with E-state index in [4.69, 9.17) is 41.2 Å². The third-order valence-corrected chi connectivity index (χ3v) is 21.9. The lowest BCUT2D eigenvalue weighted by Crippen LogP contribution is -2.81. The predicted octanol–water partition coefficient (Wildman–Crippen LogP) is 7.46. The summed E-state index contributed by atoms with van der Waals surface area (Å²) in [5, 5.41) is 43.9. The van der Waals surface area contributed by atoms with Gasteiger partial charge in [-0.2, -0.15) is 8.42 Å². The van der Waals surface area contributed by atoms with Crippen molar-refractivity contribution in [2.75, 3.05) is 92.5 Å². The molecule has 12 rings (SSSR count).